The van der Waals surface area contributed by atoms with E-state index in [1.807, 2.05) is 38.1 Å². The number of nitrogens with zero attached hydrogens (tertiary/aromatic N) is 2. The van der Waals surface area contributed by atoms with Gasteiger partial charge in [-0.2, -0.15) is 4.98 Å². The summed E-state index contributed by atoms with van der Waals surface area (Å²) in [5.74, 6) is 0.928. The van der Waals surface area contributed by atoms with Crippen LogP contribution < -0.4 is 5.32 Å². The number of aromatic nitrogens is 2. The average molecular weight is 338 g/mol. The summed E-state index contributed by atoms with van der Waals surface area (Å²) in [6.07, 6.45) is 0. The molecule has 0 bridgehead atoms. The van der Waals surface area contributed by atoms with Crippen LogP contribution in [0.15, 0.2) is 28.8 Å². The van der Waals surface area contributed by atoms with Crippen LogP contribution in [0.3, 0.4) is 0 Å². The Labute approximate surface area is 140 Å². The molecule has 0 unspecified atom stereocenters. The van der Waals surface area contributed by atoms with Gasteiger partial charge in [0.25, 0.3) is 5.89 Å². The van der Waals surface area contributed by atoms with E-state index in [2.05, 4.69) is 15.5 Å². The van der Waals surface area contributed by atoms with Gasteiger partial charge in [-0.3, -0.25) is 4.79 Å². The minimum atomic E-state index is -0.199. The van der Waals surface area contributed by atoms with E-state index in [-0.39, 0.29) is 31.1 Å². The van der Waals surface area contributed by atoms with E-state index in [1.54, 1.807) is 6.92 Å². The normalized spacial score (nSPS) is 12.4. The lowest BCUT2D eigenvalue weighted by Gasteiger charge is -2.23. The second kappa shape index (κ2) is 8.08. The molecule has 23 heavy (non-hydrogen) atoms. The Bertz CT molecular complexity index is 640. The van der Waals surface area contributed by atoms with E-state index in [4.69, 9.17) is 20.9 Å². The molecule has 0 radical (unpaired) electrons. The number of ether oxygens (including phenoxy) is 1. The molecule has 1 aromatic heterocycles. The first kappa shape index (κ1) is 17.4. The first-order valence-electron chi connectivity index (χ1n) is 7.37. The second-order valence-electron chi connectivity index (χ2n) is 5.57. The van der Waals surface area contributed by atoms with Gasteiger partial charge in [-0.05, 0) is 30.5 Å². The molecule has 2 rings (SSSR count). The van der Waals surface area contributed by atoms with Gasteiger partial charge in [0.15, 0.2) is 5.82 Å². The largest absolute Gasteiger partial charge is 0.362 e. The highest BCUT2D eigenvalue weighted by Crippen LogP contribution is 2.23. The molecule has 0 aliphatic carbocycles. The fourth-order valence-corrected chi connectivity index (χ4v) is 2.28. The maximum atomic E-state index is 12.1. The molecule has 0 aliphatic heterocycles. The molecule has 2 aromatic rings. The third kappa shape index (κ3) is 5.33. The lowest BCUT2D eigenvalue weighted by Crippen LogP contribution is -2.34. The van der Waals surface area contributed by atoms with Crippen molar-refractivity contribution in [1.82, 2.24) is 15.5 Å². The Morgan fingerprint density at radius 3 is 2.61 bits per heavy atom. The van der Waals surface area contributed by atoms with Gasteiger partial charge in [0.2, 0.25) is 5.91 Å². The van der Waals surface area contributed by atoms with Crippen molar-refractivity contribution < 1.29 is 14.1 Å². The molecule has 0 saturated heterocycles. The molecular weight excluding hydrogens is 318 g/mol. The summed E-state index contributed by atoms with van der Waals surface area (Å²) in [6, 6.07) is 7.35. The molecule has 1 heterocycles. The van der Waals surface area contributed by atoms with E-state index >= 15 is 0 Å². The molecule has 124 valence electrons. The van der Waals surface area contributed by atoms with Crippen LogP contribution in [0.4, 0.5) is 0 Å². The van der Waals surface area contributed by atoms with E-state index < -0.39 is 0 Å². The van der Waals surface area contributed by atoms with Crippen molar-refractivity contribution in [2.24, 2.45) is 5.92 Å². The molecule has 0 spiro atoms. The number of benzene rings is 1. The van der Waals surface area contributed by atoms with Gasteiger partial charge < -0.3 is 14.6 Å². The molecule has 0 saturated carbocycles. The molecular formula is C16H20ClN3O3. The number of carbonyl (C=O) groups is 1. The van der Waals surface area contributed by atoms with E-state index in [0.717, 1.165) is 5.56 Å². The first-order valence-corrected chi connectivity index (χ1v) is 7.75. The van der Waals surface area contributed by atoms with Gasteiger partial charge in [-0.1, -0.05) is 42.7 Å². The zero-order chi connectivity index (χ0) is 16.8. The van der Waals surface area contributed by atoms with Crippen LogP contribution in [-0.2, 0) is 16.1 Å². The van der Waals surface area contributed by atoms with Gasteiger partial charge in [-0.15, -0.1) is 0 Å². The third-order valence-electron chi connectivity index (χ3n) is 3.24. The zero-order valence-electron chi connectivity index (χ0n) is 13.4. The summed E-state index contributed by atoms with van der Waals surface area (Å²) in [5.41, 5.74) is 1.00. The van der Waals surface area contributed by atoms with Crippen molar-refractivity contribution in [3.63, 3.8) is 0 Å². The molecule has 1 amide bonds. The molecule has 0 fully saturated rings. The molecule has 1 N–H and O–H groups in total. The molecule has 1 aromatic carbocycles. The lowest BCUT2D eigenvalue weighted by atomic mass is 9.96. The van der Waals surface area contributed by atoms with Crippen molar-refractivity contribution in [3.8, 4) is 0 Å². The van der Waals surface area contributed by atoms with Crippen LogP contribution in [0.5, 0.6) is 0 Å². The Morgan fingerprint density at radius 2 is 2.04 bits per heavy atom. The van der Waals surface area contributed by atoms with Crippen LogP contribution in [0.25, 0.3) is 0 Å². The summed E-state index contributed by atoms with van der Waals surface area (Å²) >= 11 is 5.90. The fourth-order valence-electron chi connectivity index (χ4n) is 2.15. The van der Waals surface area contributed by atoms with E-state index in [1.165, 1.54) is 0 Å². The van der Waals surface area contributed by atoms with Crippen LogP contribution >= 0.6 is 11.6 Å². The summed E-state index contributed by atoms with van der Waals surface area (Å²) in [7, 11) is 0. The highest BCUT2D eigenvalue weighted by molar-refractivity contribution is 6.30. The van der Waals surface area contributed by atoms with Gasteiger partial charge in [0.05, 0.1) is 6.04 Å². The summed E-state index contributed by atoms with van der Waals surface area (Å²) in [5, 5.41) is 7.29. The van der Waals surface area contributed by atoms with Crippen LogP contribution in [0.1, 0.15) is 37.2 Å². The highest BCUT2D eigenvalue weighted by Gasteiger charge is 2.18. The smallest absolute Gasteiger partial charge is 0.252 e. The zero-order valence-corrected chi connectivity index (χ0v) is 14.1. The standard InChI is InChI=1S/C16H20ClN3O3/c1-10(2)16(12-4-6-13(17)7-5-12)19-14(21)8-22-9-15-18-11(3)20-23-15/h4-7,10,16H,8-9H2,1-3H3,(H,19,21)/t16-/m0/s1. The minimum absolute atomic E-state index is 0.0712. The number of hydrogen-bond acceptors (Lipinski definition) is 5. The third-order valence-corrected chi connectivity index (χ3v) is 3.49. The van der Waals surface area contributed by atoms with Crippen molar-refractivity contribution in [2.45, 2.75) is 33.4 Å². The minimum Gasteiger partial charge on any atom is -0.362 e. The van der Waals surface area contributed by atoms with E-state index in [9.17, 15) is 4.79 Å². The number of carbonyl (C=O) groups excluding carboxylic acids is 1. The van der Waals surface area contributed by atoms with Crippen molar-refractivity contribution in [1.29, 1.82) is 0 Å². The quantitative estimate of drug-likeness (QED) is 0.840. The van der Waals surface area contributed by atoms with Crippen molar-refractivity contribution in [2.75, 3.05) is 6.61 Å². The van der Waals surface area contributed by atoms with Crippen LogP contribution in [-0.4, -0.2) is 22.7 Å². The SMILES string of the molecule is Cc1noc(COCC(=O)N[C@H](c2ccc(Cl)cc2)C(C)C)n1. The van der Waals surface area contributed by atoms with Gasteiger partial charge in [0.1, 0.15) is 13.2 Å². The van der Waals surface area contributed by atoms with E-state index in [0.29, 0.717) is 16.7 Å². The number of nitrogens with one attached hydrogen (secondary N) is 1. The molecule has 7 heteroatoms. The maximum absolute atomic E-state index is 12.1. The average Bonchev–Trinajstić information content (AvgIpc) is 2.91. The predicted octanol–water partition coefficient (Wildman–Crippen LogP) is 3.06. The van der Waals surface area contributed by atoms with Gasteiger partial charge in [-0.25, -0.2) is 0 Å². The number of hydrogen-bond donors (Lipinski definition) is 1. The van der Waals surface area contributed by atoms with Gasteiger partial charge in [0, 0.05) is 5.02 Å². The molecule has 6 nitrogen and oxygen atoms in total. The number of halogens is 1. The second-order valence-corrected chi connectivity index (χ2v) is 6.01. The van der Waals surface area contributed by atoms with Crippen LogP contribution in [0, 0.1) is 12.8 Å². The highest BCUT2D eigenvalue weighted by atomic mass is 35.5. The Hall–Kier alpha value is -1.92. The van der Waals surface area contributed by atoms with Crippen LogP contribution in [0.2, 0.25) is 5.02 Å². The Morgan fingerprint density at radius 1 is 1.35 bits per heavy atom. The number of aryl methyl sites for hydroxylation is 1. The Kier molecular flexibility index (Phi) is 6.12. The summed E-state index contributed by atoms with van der Waals surface area (Å²) in [4.78, 5) is 16.1. The topological polar surface area (TPSA) is 77.2 Å². The maximum Gasteiger partial charge on any atom is 0.252 e. The van der Waals surface area contributed by atoms with Crippen molar-refractivity contribution in [3.05, 3.63) is 46.6 Å². The fraction of sp³-hybridized carbons (Fsp3) is 0.438. The predicted molar refractivity (Wildman–Crippen MR) is 85.9 cm³/mol. The first-order chi connectivity index (χ1) is 11.0. The Balaban J connectivity index is 1.86. The lowest BCUT2D eigenvalue weighted by molar-refractivity contribution is -0.127. The van der Waals surface area contributed by atoms with Gasteiger partial charge >= 0.3 is 0 Å². The monoisotopic (exact) mass is 337 g/mol. The van der Waals surface area contributed by atoms with Crippen molar-refractivity contribution >= 4 is 17.5 Å². The summed E-state index contributed by atoms with van der Waals surface area (Å²) < 4.78 is 10.2. The molecule has 1 atom stereocenters. The summed E-state index contributed by atoms with van der Waals surface area (Å²) in [6.45, 7) is 5.85. The molecule has 0 aliphatic rings. The number of rotatable bonds is 7. The number of amides is 1.